The molecule has 0 saturated carbocycles. The average Bonchev–Trinajstić information content (AvgIpc) is 3.18. The van der Waals surface area contributed by atoms with Crippen LogP contribution in [0.5, 0.6) is 0 Å². The van der Waals surface area contributed by atoms with Crippen molar-refractivity contribution in [2.75, 3.05) is 6.54 Å². The van der Waals surface area contributed by atoms with E-state index in [0.29, 0.717) is 12.8 Å². The lowest BCUT2D eigenvalue weighted by Gasteiger charge is -2.31. The second-order valence-electron chi connectivity index (χ2n) is 8.48. The third kappa shape index (κ3) is 8.08. The van der Waals surface area contributed by atoms with E-state index in [1.807, 2.05) is 13.8 Å². The number of carbonyl (C=O) groups excluding carboxylic acids is 3. The molecule has 32 heavy (non-hydrogen) atoms. The fourth-order valence-electron chi connectivity index (χ4n) is 3.50. The van der Waals surface area contributed by atoms with Gasteiger partial charge in [-0.2, -0.15) is 0 Å². The molecule has 0 spiro atoms. The number of carbonyl (C=O) groups is 5. The number of rotatable bonds is 12. The Morgan fingerprint density at radius 2 is 1.72 bits per heavy atom. The summed E-state index contributed by atoms with van der Waals surface area (Å²) < 4.78 is 0. The smallest absolute Gasteiger partial charge is 0.326 e. The van der Waals surface area contributed by atoms with Crippen LogP contribution in [-0.4, -0.2) is 86.7 Å². The van der Waals surface area contributed by atoms with Crippen LogP contribution in [0.2, 0.25) is 0 Å². The second kappa shape index (κ2) is 12.3. The predicted molar refractivity (Wildman–Crippen MR) is 112 cm³/mol. The van der Waals surface area contributed by atoms with Crippen molar-refractivity contribution in [2.24, 2.45) is 11.7 Å². The van der Waals surface area contributed by atoms with Gasteiger partial charge in [0.15, 0.2) is 0 Å². The number of amides is 3. The largest absolute Gasteiger partial charge is 0.481 e. The van der Waals surface area contributed by atoms with Crippen LogP contribution in [0.1, 0.15) is 52.9 Å². The molecule has 5 unspecified atom stereocenters. The molecule has 1 fully saturated rings. The SMILES string of the molecule is CC(C)CC(NC(=O)C1CCCN1C(=O)C(NC(=O)C(N)CCC(=O)O)C(C)O)C(=O)O. The molecule has 0 aromatic heterocycles. The van der Waals surface area contributed by atoms with Crippen molar-refractivity contribution in [1.82, 2.24) is 15.5 Å². The molecule has 1 heterocycles. The van der Waals surface area contributed by atoms with Crippen molar-refractivity contribution in [3.05, 3.63) is 0 Å². The van der Waals surface area contributed by atoms with E-state index in [9.17, 15) is 34.2 Å². The van der Waals surface area contributed by atoms with E-state index in [1.54, 1.807) is 0 Å². The molecular formula is C20H34N4O8. The van der Waals surface area contributed by atoms with Gasteiger partial charge < -0.3 is 36.6 Å². The number of nitrogens with two attached hydrogens (primary N) is 1. The molecule has 0 radical (unpaired) electrons. The number of likely N-dealkylation sites (tertiary alicyclic amines) is 1. The van der Waals surface area contributed by atoms with Gasteiger partial charge in [-0.1, -0.05) is 13.8 Å². The van der Waals surface area contributed by atoms with Gasteiger partial charge in [0.25, 0.3) is 0 Å². The molecule has 5 atom stereocenters. The van der Waals surface area contributed by atoms with Gasteiger partial charge in [-0.05, 0) is 38.5 Å². The highest BCUT2D eigenvalue weighted by Crippen LogP contribution is 2.20. The normalized spacial score (nSPS) is 19.7. The molecule has 182 valence electrons. The first-order valence-corrected chi connectivity index (χ1v) is 10.6. The highest BCUT2D eigenvalue weighted by molar-refractivity contribution is 5.94. The number of aliphatic hydroxyl groups excluding tert-OH is 1. The Balaban J connectivity index is 2.89. The van der Waals surface area contributed by atoms with Gasteiger partial charge in [-0.25, -0.2) is 4.79 Å². The standard InChI is InChI=1S/C20H34N4O8/c1-10(2)9-13(20(31)32)22-18(29)14-5-4-8-24(14)19(30)16(11(3)25)23-17(28)12(21)6-7-15(26)27/h10-14,16,25H,4-9,21H2,1-3H3,(H,22,29)(H,23,28)(H,26,27)(H,31,32). The monoisotopic (exact) mass is 458 g/mol. The molecule has 12 nitrogen and oxygen atoms in total. The molecule has 1 aliphatic heterocycles. The molecule has 12 heteroatoms. The number of hydrogen-bond acceptors (Lipinski definition) is 7. The third-order valence-corrected chi connectivity index (χ3v) is 5.21. The van der Waals surface area contributed by atoms with Gasteiger partial charge in [0.1, 0.15) is 18.1 Å². The molecule has 3 amide bonds. The van der Waals surface area contributed by atoms with Crippen LogP contribution in [0.3, 0.4) is 0 Å². The summed E-state index contributed by atoms with van der Waals surface area (Å²) in [5, 5.41) is 32.9. The number of nitrogens with one attached hydrogen (secondary N) is 2. The highest BCUT2D eigenvalue weighted by Gasteiger charge is 2.40. The van der Waals surface area contributed by atoms with Crippen molar-refractivity contribution in [1.29, 1.82) is 0 Å². The van der Waals surface area contributed by atoms with Gasteiger partial charge in [0.05, 0.1) is 12.1 Å². The van der Waals surface area contributed by atoms with Gasteiger partial charge in [0, 0.05) is 13.0 Å². The lowest BCUT2D eigenvalue weighted by Crippen LogP contribution is -2.59. The fourth-order valence-corrected chi connectivity index (χ4v) is 3.50. The molecule has 7 N–H and O–H groups in total. The lowest BCUT2D eigenvalue weighted by atomic mass is 10.0. The van der Waals surface area contributed by atoms with Crippen LogP contribution in [0.25, 0.3) is 0 Å². The highest BCUT2D eigenvalue weighted by atomic mass is 16.4. The molecule has 0 aromatic rings. The minimum atomic E-state index is -1.39. The van der Waals surface area contributed by atoms with E-state index in [1.165, 1.54) is 11.8 Å². The Morgan fingerprint density at radius 1 is 1.09 bits per heavy atom. The first-order valence-electron chi connectivity index (χ1n) is 10.6. The maximum absolute atomic E-state index is 13.0. The van der Waals surface area contributed by atoms with Gasteiger partial charge in [-0.3, -0.25) is 19.2 Å². The summed E-state index contributed by atoms with van der Waals surface area (Å²) in [7, 11) is 0. The number of hydrogen-bond donors (Lipinski definition) is 6. The topological polar surface area (TPSA) is 199 Å². The van der Waals surface area contributed by atoms with Crippen molar-refractivity contribution >= 4 is 29.7 Å². The lowest BCUT2D eigenvalue weighted by molar-refractivity contribution is -0.146. The summed E-state index contributed by atoms with van der Waals surface area (Å²) in [6.07, 6.45) is -0.771. The molecule has 0 aliphatic carbocycles. The average molecular weight is 459 g/mol. The van der Waals surface area contributed by atoms with Crippen LogP contribution in [-0.2, 0) is 24.0 Å². The van der Waals surface area contributed by atoms with Gasteiger partial charge >= 0.3 is 11.9 Å². The summed E-state index contributed by atoms with van der Waals surface area (Å²) in [5.74, 6) is -4.39. The number of aliphatic carboxylic acids is 2. The number of nitrogens with zero attached hydrogens (tertiary/aromatic N) is 1. The predicted octanol–water partition coefficient (Wildman–Crippen LogP) is -1.35. The summed E-state index contributed by atoms with van der Waals surface area (Å²) >= 11 is 0. The van der Waals surface area contributed by atoms with Gasteiger partial charge in [0.2, 0.25) is 17.7 Å². The summed E-state index contributed by atoms with van der Waals surface area (Å²) in [4.78, 5) is 61.4. The van der Waals surface area contributed by atoms with E-state index in [-0.39, 0.29) is 31.7 Å². The van der Waals surface area contributed by atoms with Crippen LogP contribution >= 0.6 is 0 Å². The number of carboxylic acids is 2. The van der Waals surface area contributed by atoms with E-state index in [0.717, 1.165) is 0 Å². The van der Waals surface area contributed by atoms with E-state index in [2.05, 4.69) is 10.6 Å². The summed E-state index contributed by atoms with van der Waals surface area (Å²) in [5.41, 5.74) is 5.66. The van der Waals surface area contributed by atoms with Crippen molar-refractivity contribution < 1.29 is 39.3 Å². The molecular weight excluding hydrogens is 424 g/mol. The van der Waals surface area contributed by atoms with E-state index in [4.69, 9.17) is 10.8 Å². The Hall–Kier alpha value is -2.73. The van der Waals surface area contributed by atoms with E-state index < -0.39 is 59.9 Å². The number of aliphatic hydroxyl groups is 1. The quantitative estimate of drug-likeness (QED) is 0.204. The zero-order chi connectivity index (χ0) is 24.6. The maximum atomic E-state index is 13.0. The molecule has 0 aromatic carbocycles. The second-order valence-corrected chi connectivity index (χ2v) is 8.48. The first-order chi connectivity index (χ1) is 14.8. The maximum Gasteiger partial charge on any atom is 0.326 e. The Bertz CT molecular complexity index is 712. The molecule has 1 rings (SSSR count). The van der Waals surface area contributed by atoms with Crippen LogP contribution in [0.4, 0.5) is 0 Å². The minimum absolute atomic E-state index is 0.0258. The van der Waals surface area contributed by atoms with Crippen molar-refractivity contribution in [3.8, 4) is 0 Å². The Labute approximate surface area is 186 Å². The van der Waals surface area contributed by atoms with Crippen LogP contribution in [0.15, 0.2) is 0 Å². The zero-order valence-corrected chi connectivity index (χ0v) is 18.6. The van der Waals surface area contributed by atoms with Crippen molar-refractivity contribution in [2.45, 2.75) is 83.1 Å². The molecule has 1 saturated heterocycles. The minimum Gasteiger partial charge on any atom is -0.481 e. The van der Waals surface area contributed by atoms with Gasteiger partial charge in [-0.15, -0.1) is 0 Å². The third-order valence-electron chi connectivity index (χ3n) is 5.21. The summed E-state index contributed by atoms with van der Waals surface area (Å²) in [6, 6.07) is -4.61. The Kier molecular flexibility index (Phi) is 10.5. The fraction of sp³-hybridized carbons (Fsp3) is 0.750. The Morgan fingerprint density at radius 3 is 2.22 bits per heavy atom. The zero-order valence-electron chi connectivity index (χ0n) is 18.6. The van der Waals surface area contributed by atoms with Crippen LogP contribution in [0, 0.1) is 5.92 Å². The first kappa shape index (κ1) is 27.3. The van der Waals surface area contributed by atoms with Crippen molar-refractivity contribution in [3.63, 3.8) is 0 Å². The number of carboxylic acid groups (broad SMARTS) is 2. The summed E-state index contributed by atoms with van der Waals surface area (Å²) in [6.45, 7) is 5.14. The molecule has 0 bridgehead atoms. The van der Waals surface area contributed by atoms with E-state index >= 15 is 0 Å². The molecule has 1 aliphatic rings. The van der Waals surface area contributed by atoms with Crippen LogP contribution < -0.4 is 16.4 Å².